The van der Waals surface area contributed by atoms with Crippen molar-refractivity contribution in [1.82, 2.24) is 19.7 Å². The van der Waals surface area contributed by atoms with E-state index in [9.17, 15) is 0 Å². The standard InChI is InChI=1S/C26H30N6/c1-17-7-9-22-23(14-17)28-26(32-21(5)16-20(4)29-32)25(27-22)31-12-10-30(11-13-31)24-15-18(2)6-8-19(24)3/h6-9,14-16H,10-13H2,1-5H3. The molecule has 1 saturated heterocycles. The van der Waals surface area contributed by atoms with E-state index in [2.05, 4.69) is 80.0 Å². The predicted molar refractivity (Wildman–Crippen MR) is 131 cm³/mol. The van der Waals surface area contributed by atoms with Crippen molar-refractivity contribution >= 4 is 22.5 Å². The summed E-state index contributed by atoms with van der Waals surface area (Å²) in [6, 6.07) is 15.0. The highest BCUT2D eigenvalue weighted by Gasteiger charge is 2.24. The van der Waals surface area contributed by atoms with Gasteiger partial charge in [0.05, 0.1) is 16.7 Å². The van der Waals surface area contributed by atoms with Crippen molar-refractivity contribution in [1.29, 1.82) is 0 Å². The summed E-state index contributed by atoms with van der Waals surface area (Å²) >= 11 is 0. The molecule has 1 fully saturated rings. The van der Waals surface area contributed by atoms with Crippen molar-refractivity contribution in [3.8, 4) is 5.82 Å². The van der Waals surface area contributed by atoms with E-state index in [1.54, 1.807) is 0 Å². The molecule has 0 N–H and O–H groups in total. The van der Waals surface area contributed by atoms with E-state index < -0.39 is 0 Å². The highest BCUT2D eigenvalue weighted by atomic mass is 15.4. The van der Waals surface area contributed by atoms with Crippen LogP contribution in [0.25, 0.3) is 16.9 Å². The largest absolute Gasteiger partial charge is 0.368 e. The second-order valence-corrected chi connectivity index (χ2v) is 8.97. The number of fused-ring (bicyclic) bond motifs is 1. The van der Waals surface area contributed by atoms with Crippen molar-refractivity contribution in [3.05, 3.63) is 70.5 Å². The molecule has 0 spiro atoms. The number of benzene rings is 2. The fraction of sp³-hybridized carbons (Fsp3) is 0.346. The molecule has 164 valence electrons. The molecule has 32 heavy (non-hydrogen) atoms. The maximum Gasteiger partial charge on any atom is 0.197 e. The zero-order valence-corrected chi connectivity index (χ0v) is 19.6. The zero-order valence-electron chi connectivity index (χ0n) is 19.6. The molecular formula is C26H30N6. The third-order valence-corrected chi connectivity index (χ3v) is 6.28. The third-order valence-electron chi connectivity index (χ3n) is 6.28. The molecule has 6 nitrogen and oxygen atoms in total. The molecule has 4 aromatic rings. The molecule has 0 bridgehead atoms. The lowest BCUT2D eigenvalue weighted by atomic mass is 10.1. The van der Waals surface area contributed by atoms with Crippen LogP contribution in [0.5, 0.6) is 0 Å². The molecule has 0 atom stereocenters. The van der Waals surface area contributed by atoms with Crippen molar-refractivity contribution in [2.75, 3.05) is 36.0 Å². The zero-order chi connectivity index (χ0) is 22.4. The second-order valence-electron chi connectivity index (χ2n) is 8.97. The Morgan fingerprint density at radius 1 is 0.656 bits per heavy atom. The molecule has 0 unspecified atom stereocenters. The van der Waals surface area contributed by atoms with Crippen molar-refractivity contribution in [2.24, 2.45) is 0 Å². The van der Waals surface area contributed by atoms with Crippen LogP contribution in [0.2, 0.25) is 0 Å². The smallest absolute Gasteiger partial charge is 0.197 e. The molecule has 6 heteroatoms. The minimum absolute atomic E-state index is 0.814. The Kier molecular flexibility index (Phi) is 5.08. The maximum atomic E-state index is 5.08. The topological polar surface area (TPSA) is 50.1 Å². The summed E-state index contributed by atoms with van der Waals surface area (Å²) in [6.07, 6.45) is 0. The molecule has 3 heterocycles. The summed E-state index contributed by atoms with van der Waals surface area (Å²) in [5.41, 5.74) is 9.03. The van der Waals surface area contributed by atoms with Gasteiger partial charge < -0.3 is 9.80 Å². The van der Waals surface area contributed by atoms with Crippen molar-refractivity contribution < 1.29 is 0 Å². The molecule has 2 aromatic carbocycles. The van der Waals surface area contributed by atoms with Crippen LogP contribution in [-0.2, 0) is 0 Å². The predicted octanol–water partition coefficient (Wildman–Crippen LogP) is 4.68. The third kappa shape index (κ3) is 3.70. The van der Waals surface area contributed by atoms with Crippen LogP contribution in [0, 0.1) is 34.6 Å². The van der Waals surface area contributed by atoms with E-state index in [4.69, 9.17) is 15.1 Å². The van der Waals surface area contributed by atoms with Gasteiger partial charge in [-0.05, 0) is 75.6 Å². The monoisotopic (exact) mass is 426 g/mol. The number of nitrogens with zero attached hydrogens (tertiary/aromatic N) is 6. The first-order valence-electron chi connectivity index (χ1n) is 11.3. The number of hydrogen-bond acceptors (Lipinski definition) is 5. The van der Waals surface area contributed by atoms with E-state index in [-0.39, 0.29) is 0 Å². The van der Waals surface area contributed by atoms with Gasteiger partial charge in [-0.2, -0.15) is 5.10 Å². The Morgan fingerprint density at radius 2 is 1.31 bits per heavy atom. The number of hydrogen-bond donors (Lipinski definition) is 0. The Labute approximate surface area is 189 Å². The van der Waals surface area contributed by atoms with Crippen LogP contribution in [0.1, 0.15) is 28.1 Å². The van der Waals surface area contributed by atoms with E-state index in [1.807, 2.05) is 11.6 Å². The lowest BCUT2D eigenvalue weighted by Crippen LogP contribution is -2.47. The average molecular weight is 427 g/mol. The summed E-state index contributed by atoms with van der Waals surface area (Å²) in [4.78, 5) is 15.0. The number of anilines is 2. The maximum absolute atomic E-state index is 5.08. The molecule has 5 rings (SSSR count). The minimum Gasteiger partial charge on any atom is -0.368 e. The fourth-order valence-corrected chi connectivity index (χ4v) is 4.56. The normalized spacial score (nSPS) is 14.4. The molecule has 2 aromatic heterocycles. The van der Waals surface area contributed by atoms with Crippen LogP contribution in [0.15, 0.2) is 42.5 Å². The molecule has 0 saturated carbocycles. The van der Waals surface area contributed by atoms with Gasteiger partial charge in [0, 0.05) is 37.6 Å². The molecule has 0 radical (unpaired) electrons. The van der Waals surface area contributed by atoms with Gasteiger partial charge in [0.15, 0.2) is 11.6 Å². The summed E-state index contributed by atoms with van der Waals surface area (Å²) in [6.45, 7) is 14.2. The molecule has 1 aliphatic rings. The highest BCUT2D eigenvalue weighted by Crippen LogP contribution is 2.28. The first kappa shape index (κ1) is 20.5. The van der Waals surface area contributed by atoms with Crippen molar-refractivity contribution in [2.45, 2.75) is 34.6 Å². The Morgan fingerprint density at radius 3 is 2.03 bits per heavy atom. The van der Waals surface area contributed by atoms with Crippen molar-refractivity contribution in [3.63, 3.8) is 0 Å². The number of aryl methyl sites for hydroxylation is 5. The van der Waals surface area contributed by atoms with Gasteiger partial charge in [0.1, 0.15) is 0 Å². The first-order valence-corrected chi connectivity index (χ1v) is 11.3. The summed E-state index contributed by atoms with van der Waals surface area (Å²) in [5.74, 6) is 1.72. The van der Waals surface area contributed by atoms with Crippen LogP contribution < -0.4 is 9.80 Å². The number of rotatable bonds is 3. The summed E-state index contributed by atoms with van der Waals surface area (Å²) in [5, 5.41) is 4.73. The van der Waals surface area contributed by atoms with E-state index in [0.717, 1.165) is 60.2 Å². The molecule has 0 aliphatic carbocycles. The Balaban J connectivity index is 1.52. The summed E-state index contributed by atoms with van der Waals surface area (Å²) in [7, 11) is 0. The van der Waals surface area contributed by atoms with Crippen LogP contribution in [0.4, 0.5) is 11.5 Å². The minimum atomic E-state index is 0.814. The van der Waals surface area contributed by atoms with Gasteiger partial charge in [0.2, 0.25) is 0 Å². The highest BCUT2D eigenvalue weighted by molar-refractivity contribution is 5.79. The van der Waals surface area contributed by atoms with Gasteiger partial charge in [-0.25, -0.2) is 14.6 Å². The second kappa shape index (κ2) is 7.93. The van der Waals surface area contributed by atoms with E-state index in [1.165, 1.54) is 22.4 Å². The van der Waals surface area contributed by atoms with Gasteiger partial charge in [0.25, 0.3) is 0 Å². The molecular weight excluding hydrogens is 396 g/mol. The van der Waals surface area contributed by atoms with Crippen LogP contribution >= 0.6 is 0 Å². The van der Waals surface area contributed by atoms with Gasteiger partial charge in [-0.15, -0.1) is 0 Å². The SMILES string of the molecule is Cc1ccc(C)c(N2CCN(c3nc4ccc(C)cc4nc3-n3nc(C)cc3C)CC2)c1. The van der Waals surface area contributed by atoms with E-state index >= 15 is 0 Å². The van der Waals surface area contributed by atoms with Gasteiger partial charge >= 0.3 is 0 Å². The number of aromatic nitrogens is 4. The molecule has 0 amide bonds. The fourth-order valence-electron chi connectivity index (χ4n) is 4.56. The lowest BCUT2D eigenvalue weighted by molar-refractivity contribution is 0.641. The van der Waals surface area contributed by atoms with Crippen LogP contribution in [-0.4, -0.2) is 45.9 Å². The average Bonchev–Trinajstić information content (AvgIpc) is 3.12. The Hall–Kier alpha value is -3.41. The van der Waals surface area contributed by atoms with Gasteiger partial charge in [-0.3, -0.25) is 0 Å². The quantitative estimate of drug-likeness (QED) is 0.476. The first-order chi connectivity index (χ1) is 15.4. The molecule has 1 aliphatic heterocycles. The summed E-state index contributed by atoms with van der Waals surface area (Å²) < 4.78 is 1.94. The number of piperazine rings is 1. The van der Waals surface area contributed by atoms with Crippen LogP contribution in [0.3, 0.4) is 0 Å². The lowest BCUT2D eigenvalue weighted by Gasteiger charge is -2.38. The Bertz CT molecular complexity index is 1300. The van der Waals surface area contributed by atoms with Gasteiger partial charge in [-0.1, -0.05) is 18.2 Å². The van der Waals surface area contributed by atoms with E-state index in [0.29, 0.717) is 0 Å².